The van der Waals surface area contributed by atoms with Crippen molar-refractivity contribution in [1.82, 2.24) is 10.2 Å². The Hall–Kier alpha value is -2.05. The molecule has 2 rings (SSSR count). The number of nitrogens with zero attached hydrogens (tertiary/aromatic N) is 1. The van der Waals surface area contributed by atoms with Crippen LogP contribution in [0.2, 0.25) is 0 Å². The average Bonchev–Trinajstić information content (AvgIpc) is 2.68. The van der Waals surface area contributed by atoms with E-state index in [1.807, 2.05) is 30.3 Å². The second kappa shape index (κ2) is 6.15. The van der Waals surface area contributed by atoms with Crippen molar-refractivity contribution in [3.63, 3.8) is 0 Å². The minimum atomic E-state index is -4.53. The Balaban J connectivity index is 1.86. The van der Waals surface area contributed by atoms with E-state index in [1.165, 1.54) is 4.90 Å². The van der Waals surface area contributed by atoms with Crippen molar-refractivity contribution in [3.8, 4) is 0 Å². The van der Waals surface area contributed by atoms with Gasteiger partial charge >= 0.3 is 6.18 Å². The van der Waals surface area contributed by atoms with Crippen LogP contribution in [0.1, 0.15) is 18.4 Å². The van der Waals surface area contributed by atoms with Crippen LogP contribution in [-0.2, 0) is 16.1 Å². The Bertz CT molecular complexity index is 517. The fourth-order valence-electron chi connectivity index (χ4n) is 2.29. The molecule has 0 saturated carbocycles. The van der Waals surface area contributed by atoms with Crippen molar-refractivity contribution >= 4 is 11.8 Å². The number of likely N-dealkylation sites (tertiary alicyclic amines) is 1. The van der Waals surface area contributed by atoms with Gasteiger partial charge in [-0.05, 0) is 5.56 Å². The van der Waals surface area contributed by atoms with Gasteiger partial charge in [0.2, 0.25) is 11.8 Å². The van der Waals surface area contributed by atoms with Gasteiger partial charge in [0.25, 0.3) is 0 Å². The molecule has 1 heterocycles. The first-order valence-electron chi connectivity index (χ1n) is 6.51. The zero-order valence-corrected chi connectivity index (χ0v) is 11.2. The molecule has 0 radical (unpaired) electrons. The summed E-state index contributed by atoms with van der Waals surface area (Å²) < 4.78 is 36.2. The number of carbonyl (C=O) groups excluding carboxylic acids is 2. The molecule has 4 nitrogen and oxygen atoms in total. The van der Waals surface area contributed by atoms with E-state index < -0.39 is 24.5 Å². The highest BCUT2D eigenvalue weighted by molar-refractivity contribution is 5.82. The Morgan fingerprint density at radius 3 is 2.57 bits per heavy atom. The number of rotatable bonds is 4. The molecule has 1 saturated heterocycles. The van der Waals surface area contributed by atoms with Gasteiger partial charge in [-0.1, -0.05) is 30.3 Å². The zero-order chi connectivity index (χ0) is 15.5. The lowest BCUT2D eigenvalue weighted by Gasteiger charge is -2.17. The van der Waals surface area contributed by atoms with Crippen LogP contribution in [0, 0.1) is 0 Å². The summed E-state index contributed by atoms with van der Waals surface area (Å²) in [5.41, 5.74) is 0.938. The van der Waals surface area contributed by atoms with E-state index >= 15 is 0 Å². The minimum Gasteiger partial charge on any atom is -0.351 e. The summed E-state index contributed by atoms with van der Waals surface area (Å²) in [7, 11) is 0. The third kappa shape index (κ3) is 4.77. The van der Waals surface area contributed by atoms with E-state index in [9.17, 15) is 22.8 Å². The summed E-state index contributed by atoms with van der Waals surface area (Å²) in [6, 6.07) is 8.72. The molecule has 21 heavy (non-hydrogen) atoms. The van der Waals surface area contributed by atoms with E-state index in [0.29, 0.717) is 6.54 Å². The van der Waals surface area contributed by atoms with Crippen LogP contribution in [-0.4, -0.2) is 35.5 Å². The highest BCUT2D eigenvalue weighted by Crippen LogP contribution is 2.20. The second-order valence-electron chi connectivity index (χ2n) is 5.02. The quantitative estimate of drug-likeness (QED) is 0.922. The van der Waals surface area contributed by atoms with Gasteiger partial charge in [0.1, 0.15) is 6.42 Å². The predicted octanol–water partition coefficient (Wildman–Crippen LogP) is 1.86. The number of hydrogen-bond donors (Lipinski definition) is 1. The summed E-state index contributed by atoms with van der Waals surface area (Å²) in [4.78, 5) is 24.6. The molecule has 0 aliphatic carbocycles. The molecule has 1 aromatic rings. The van der Waals surface area contributed by atoms with Crippen LogP contribution in [0.15, 0.2) is 30.3 Å². The van der Waals surface area contributed by atoms with Gasteiger partial charge < -0.3 is 10.2 Å². The second-order valence-corrected chi connectivity index (χ2v) is 5.02. The highest BCUT2D eigenvalue weighted by Gasteiger charge is 2.35. The summed E-state index contributed by atoms with van der Waals surface area (Å²) in [5, 5.41) is 2.26. The van der Waals surface area contributed by atoms with Crippen molar-refractivity contribution in [1.29, 1.82) is 0 Å². The van der Waals surface area contributed by atoms with Crippen molar-refractivity contribution in [2.45, 2.75) is 31.6 Å². The first kappa shape index (κ1) is 15.3. The number of alkyl halides is 3. The average molecular weight is 300 g/mol. The molecule has 1 aliphatic rings. The molecule has 1 N–H and O–H groups in total. The number of carbonyl (C=O) groups is 2. The number of hydrogen-bond acceptors (Lipinski definition) is 2. The van der Waals surface area contributed by atoms with Crippen molar-refractivity contribution < 1.29 is 22.8 Å². The number of amides is 2. The third-order valence-electron chi connectivity index (χ3n) is 3.16. The molecule has 1 aromatic carbocycles. The van der Waals surface area contributed by atoms with Crippen LogP contribution in [0.3, 0.4) is 0 Å². The number of nitrogens with one attached hydrogen (secondary N) is 1. The molecule has 0 aromatic heterocycles. The maximum atomic E-state index is 12.1. The minimum absolute atomic E-state index is 0.0381. The summed E-state index contributed by atoms with van der Waals surface area (Å²) in [6.07, 6.45) is -6.01. The summed E-state index contributed by atoms with van der Waals surface area (Å²) >= 11 is 0. The maximum Gasteiger partial charge on any atom is 0.397 e. The van der Waals surface area contributed by atoms with Gasteiger partial charge in [-0.3, -0.25) is 9.59 Å². The lowest BCUT2D eigenvalue weighted by molar-refractivity contribution is -0.154. The van der Waals surface area contributed by atoms with Crippen LogP contribution in [0.5, 0.6) is 0 Å². The molecule has 1 fully saturated rings. The molecule has 0 unspecified atom stereocenters. The first-order valence-corrected chi connectivity index (χ1v) is 6.51. The van der Waals surface area contributed by atoms with Crippen LogP contribution in [0.4, 0.5) is 13.2 Å². The number of benzene rings is 1. The number of halogens is 3. The van der Waals surface area contributed by atoms with E-state index in [4.69, 9.17) is 0 Å². The van der Waals surface area contributed by atoms with Gasteiger partial charge in [0.15, 0.2) is 0 Å². The van der Waals surface area contributed by atoms with Crippen molar-refractivity contribution in [3.05, 3.63) is 35.9 Å². The Labute approximate surface area is 119 Å². The van der Waals surface area contributed by atoms with Gasteiger partial charge in [0, 0.05) is 19.5 Å². The Kier molecular flexibility index (Phi) is 4.50. The summed E-state index contributed by atoms with van der Waals surface area (Å²) in [6.45, 7) is 0.628. The monoisotopic (exact) mass is 300 g/mol. The molecule has 2 amide bonds. The normalized spacial score (nSPS) is 18.9. The molecule has 7 heteroatoms. The fraction of sp³-hybridized carbons (Fsp3) is 0.429. The predicted molar refractivity (Wildman–Crippen MR) is 69.1 cm³/mol. The highest BCUT2D eigenvalue weighted by atomic mass is 19.4. The Morgan fingerprint density at radius 1 is 1.29 bits per heavy atom. The molecule has 0 spiro atoms. The van der Waals surface area contributed by atoms with Gasteiger partial charge in [-0.25, -0.2) is 0 Å². The van der Waals surface area contributed by atoms with E-state index in [-0.39, 0.29) is 18.9 Å². The molecular formula is C14H15F3N2O2. The van der Waals surface area contributed by atoms with Gasteiger partial charge in [-0.15, -0.1) is 0 Å². The fourth-order valence-corrected chi connectivity index (χ4v) is 2.29. The smallest absolute Gasteiger partial charge is 0.351 e. The van der Waals surface area contributed by atoms with E-state index in [2.05, 4.69) is 5.32 Å². The standard InChI is InChI=1S/C14H15F3N2O2/c15-14(16,17)7-12(20)18-11-6-13(21)19(9-11)8-10-4-2-1-3-5-10/h1-5,11H,6-9H2,(H,18,20)/t11-/m1/s1. The Morgan fingerprint density at radius 2 is 1.95 bits per heavy atom. The van der Waals surface area contributed by atoms with Crippen molar-refractivity contribution in [2.24, 2.45) is 0 Å². The largest absolute Gasteiger partial charge is 0.397 e. The van der Waals surface area contributed by atoms with E-state index in [1.54, 1.807) is 0 Å². The summed E-state index contributed by atoms with van der Waals surface area (Å²) in [5.74, 6) is -1.27. The van der Waals surface area contributed by atoms with Crippen LogP contribution < -0.4 is 5.32 Å². The topological polar surface area (TPSA) is 49.4 Å². The van der Waals surface area contributed by atoms with Gasteiger partial charge in [-0.2, -0.15) is 13.2 Å². The van der Waals surface area contributed by atoms with Gasteiger partial charge in [0.05, 0.1) is 6.04 Å². The molecule has 0 bridgehead atoms. The molecule has 114 valence electrons. The SMILES string of the molecule is O=C(CC(F)(F)F)N[C@@H]1CC(=O)N(Cc2ccccc2)C1. The lowest BCUT2D eigenvalue weighted by atomic mass is 10.2. The molecular weight excluding hydrogens is 285 g/mol. The lowest BCUT2D eigenvalue weighted by Crippen LogP contribution is -2.38. The van der Waals surface area contributed by atoms with Crippen molar-refractivity contribution in [2.75, 3.05) is 6.54 Å². The molecule has 1 atom stereocenters. The maximum absolute atomic E-state index is 12.1. The third-order valence-corrected chi connectivity index (χ3v) is 3.16. The first-order chi connectivity index (χ1) is 9.83. The molecule has 1 aliphatic heterocycles. The van der Waals surface area contributed by atoms with Crippen LogP contribution in [0.25, 0.3) is 0 Å². The van der Waals surface area contributed by atoms with E-state index in [0.717, 1.165) is 5.56 Å². The zero-order valence-electron chi connectivity index (χ0n) is 11.2. The van der Waals surface area contributed by atoms with Crippen LogP contribution >= 0.6 is 0 Å².